The largest absolute Gasteiger partial charge is 0.261 e. The van der Waals surface area contributed by atoms with Gasteiger partial charge in [0.05, 0.1) is 21.2 Å². The molecule has 0 atom stereocenters. The fourth-order valence-electron chi connectivity index (χ4n) is 3.88. The summed E-state index contributed by atoms with van der Waals surface area (Å²) in [6.45, 7) is 5.63. The molecule has 10 nitrogen and oxygen atoms in total. The van der Waals surface area contributed by atoms with Gasteiger partial charge in [-0.2, -0.15) is 10.2 Å². The number of hydrogen-bond donors (Lipinski definition) is 2. The van der Waals surface area contributed by atoms with E-state index in [1.54, 1.807) is 68.4 Å². The topological polar surface area (TPSA) is 143 Å². The maximum atomic E-state index is 11.8. The molecule has 0 aliphatic rings. The first-order valence-corrected chi connectivity index (χ1v) is 16.7. The van der Waals surface area contributed by atoms with Gasteiger partial charge < -0.3 is 0 Å². The van der Waals surface area contributed by atoms with Crippen LogP contribution in [0.2, 0.25) is 0 Å². The summed E-state index contributed by atoms with van der Waals surface area (Å²) in [6, 6.07) is 22.8. The predicted molar refractivity (Wildman–Crippen MR) is 167 cm³/mol. The molecule has 42 heavy (non-hydrogen) atoms. The van der Waals surface area contributed by atoms with E-state index in [4.69, 9.17) is 0 Å². The Balaban J connectivity index is 1.59. The Morgan fingerprint density at radius 3 is 1.45 bits per heavy atom. The molecule has 0 saturated carbocycles. The number of hydrazone groups is 2. The highest BCUT2D eigenvalue weighted by Crippen LogP contribution is 2.17. The number of nitrogens with zero attached hydrogens (tertiary/aromatic N) is 4. The molecule has 2 N–H and O–H groups in total. The molecule has 4 aromatic rings. The lowest BCUT2D eigenvalue weighted by molar-refractivity contribution is 0.600. The summed E-state index contributed by atoms with van der Waals surface area (Å²) < 4.78 is 47.1. The molecule has 1 aromatic heterocycles. The molecule has 0 bridgehead atoms. The smallest absolute Gasteiger partial charge is 0.175 e. The zero-order valence-corrected chi connectivity index (χ0v) is 25.6. The van der Waals surface area contributed by atoms with Gasteiger partial charge in [-0.1, -0.05) is 54.1 Å². The highest BCUT2D eigenvalue weighted by atomic mass is 32.2. The second-order valence-electron chi connectivity index (χ2n) is 9.93. The Bertz CT molecular complexity index is 1740. The summed E-state index contributed by atoms with van der Waals surface area (Å²) in [4.78, 5) is 9.73. The lowest BCUT2D eigenvalue weighted by Crippen LogP contribution is -2.07. The van der Waals surface area contributed by atoms with Gasteiger partial charge in [-0.3, -0.25) is 10.9 Å². The molecular formula is C30H32N6O4S2. The van der Waals surface area contributed by atoms with Crippen LogP contribution in [0.3, 0.4) is 0 Å². The fraction of sp³-hybridized carbons (Fsp3) is 0.200. The van der Waals surface area contributed by atoms with E-state index in [0.29, 0.717) is 35.3 Å². The Morgan fingerprint density at radius 1 is 0.667 bits per heavy atom. The van der Waals surface area contributed by atoms with Gasteiger partial charge in [0.1, 0.15) is 5.82 Å². The van der Waals surface area contributed by atoms with Gasteiger partial charge in [-0.15, -0.1) is 0 Å². The third kappa shape index (κ3) is 8.30. The van der Waals surface area contributed by atoms with Crippen LogP contribution in [0.5, 0.6) is 0 Å². The molecule has 0 radical (unpaired) electrons. The van der Waals surface area contributed by atoms with Crippen LogP contribution in [0.4, 0.5) is 11.6 Å². The van der Waals surface area contributed by atoms with Crippen LogP contribution in [-0.4, -0.2) is 50.7 Å². The van der Waals surface area contributed by atoms with Gasteiger partial charge in [-0.25, -0.2) is 26.8 Å². The van der Waals surface area contributed by atoms with Crippen LogP contribution < -0.4 is 10.9 Å². The van der Waals surface area contributed by atoms with Crippen molar-refractivity contribution in [3.8, 4) is 0 Å². The number of aryl methyl sites for hydroxylation is 1. The first-order valence-electron chi connectivity index (χ1n) is 12.9. The van der Waals surface area contributed by atoms with E-state index in [1.807, 2.05) is 31.2 Å². The average Bonchev–Trinajstić information content (AvgIpc) is 2.95. The standard InChI is InChI=1S/C30H32N6O4S2/c1-20-6-8-23(9-7-20)18-28-31-29(35-33-21(2)24-10-14-26(15-11-24)41(4,37)38)19-30(32-28)36-34-22(3)25-12-16-27(17-13-25)42(5,39)40/h6-17,19H,18H2,1-5H3,(H2,31,32,35,36). The monoisotopic (exact) mass is 604 g/mol. The van der Waals surface area contributed by atoms with E-state index >= 15 is 0 Å². The average molecular weight is 605 g/mol. The second kappa shape index (κ2) is 12.6. The lowest BCUT2D eigenvalue weighted by atomic mass is 10.1. The highest BCUT2D eigenvalue weighted by Gasteiger charge is 2.10. The van der Waals surface area contributed by atoms with Crippen LogP contribution >= 0.6 is 0 Å². The van der Waals surface area contributed by atoms with Crippen molar-refractivity contribution in [2.45, 2.75) is 37.0 Å². The second-order valence-corrected chi connectivity index (χ2v) is 14.0. The Labute approximate surface area is 246 Å². The van der Waals surface area contributed by atoms with Crippen LogP contribution in [0.15, 0.2) is 98.9 Å². The van der Waals surface area contributed by atoms with E-state index < -0.39 is 19.7 Å². The molecule has 0 aliphatic carbocycles. The van der Waals surface area contributed by atoms with Crippen molar-refractivity contribution in [2.75, 3.05) is 23.4 Å². The van der Waals surface area contributed by atoms with Gasteiger partial charge in [-0.05, 0) is 61.7 Å². The number of sulfone groups is 2. The minimum atomic E-state index is -3.29. The molecular weight excluding hydrogens is 573 g/mol. The van der Waals surface area contributed by atoms with E-state index in [2.05, 4.69) is 31.0 Å². The number of rotatable bonds is 10. The molecule has 0 aliphatic heterocycles. The summed E-state index contributed by atoms with van der Waals surface area (Å²) >= 11 is 0. The van der Waals surface area contributed by atoms with Crippen molar-refractivity contribution in [3.63, 3.8) is 0 Å². The van der Waals surface area contributed by atoms with E-state index in [-0.39, 0.29) is 9.79 Å². The molecule has 1 heterocycles. The number of nitrogens with one attached hydrogen (secondary N) is 2. The maximum absolute atomic E-state index is 11.8. The minimum Gasteiger partial charge on any atom is -0.261 e. The third-order valence-electron chi connectivity index (χ3n) is 6.33. The van der Waals surface area contributed by atoms with Crippen molar-refractivity contribution in [1.82, 2.24) is 9.97 Å². The number of hydrogen-bond acceptors (Lipinski definition) is 10. The molecule has 0 unspecified atom stereocenters. The highest BCUT2D eigenvalue weighted by molar-refractivity contribution is 7.91. The summed E-state index contributed by atoms with van der Waals surface area (Å²) in [6.07, 6.45) is 2.81. The van der Waals surface area contributed by atoms with Gasteiger partial charge >= 0.3 is 0 Å². The molecule has 0 fully saturated rings. The molecule has 0 spiro atoms. The zero-order valence-electron chi connectivity index (χ0n) is 24.0. The number of aromatic nitrogens is 2. The van der Waals surface area contributed by atoms with Crippen LogP contribution in [0.25, 0.3) is 0 Å². The Kier molecular flexibility index (Phi) is 9.17. The normalized spacial score (nSPS) is 12.7. The third-order valence-corrected chi connectivity index (χ3v) is 8.59. The molecule has 0 amide bonds. The van der Waals surface area contributed by atoms with Crippen molar-refractivity contribution in [3.05, 3.63) is 107 Å². The molecule has 4 rings (SSSR count). The fourth-order valence-corrected chi connectivity index (χ4v) is 5.14. The van der Waals surface area contributed by atoms with Gasteiger partial charge in [0, 0.05) is 25.0 Å². The van der Waals surface area contributed by atoms with E-state index in [9.17, 15) is 16.8 Å². The maximum Gasteiger partial charge on any atom is 0.175 e. The Morgan fingerprint density at radius 2 is 1.07 bits per heavy atom. The lowest BCUT2D eigenvalue weighted by Gasteiger charge is -2.10. The molecule has 3 aromatic carbocycles. The summed E-state index contributed by atoms with van der Waals surface area (Å²) in [5, 5.41) is 8.88. The van der Waals surface area contributed by atoms with E-state index in [1.165, 1.54) is 12.5 Å². The first kappa shape index (κ1) is 30.5. The predicted octanol–water partition coefficient (Wildman–Crippen LogP) is 4.86. The first-order chi connectivity index (χ1) is 19.8. The van der Waals surface area contributed by atoms with Crippen LogP contribution in [0, 0.1) is 6.92 Å². The summed E-state index contributed by atoms with van der Waals surface area (Å²) in [5.74, 6) is 1.42. The van der Waals surface area contributed by atoms with Gasteiger partial charge in [0.2, 0.25) is 0 Å². The van der Waals surface area contributed by atoms with Crippen LogP contribution in [-0.2, 0) is 26.1 Å². The van der Waals surface area contributed by atoms with Crippen molar-refractivity contribution in [1.29, 1.82) is 0 Å². The molecule has 0 saturated heterocycles. The summed E-state index contributed by atoms with van der Waals surface area (Å²) in [7, 11) is -6.58. The Hall–Kier alpha value is -4.42. The quantitative estimate of drug-likeness (QED) is 0.193. The number of benzene rings is 3. The summed E-state index contributed by atoms with van der Waals surface area (Å²) in [5.41, 5.74) is 10.9. The molecule has 218 valence electrons. The SMILES string of the molecule is CC(=NNc1cc(NN=C(C)c2ccc(S(C)(=O)=O)cc2)nc(Cc2ccc(C)cc2)n1)c1ccc(S(C)(=O)=O)cc1. The number of anilines is 2. The molecule has 12 heteroatoms. The van der Waals surface area contributed by atoms with Gasteiger partial charge in [0.25, 0.3) is 0 Å². The van der Waals surface area contributed by atoms with Crippen molar-refractivity contribution >= 4 is 42.7 Å². The van der Waals surface area contributed by atoms with Crippen molar-refractivity contribution < 1.29 is 16.8 Å². The zero-order chi connectivity index (χ0) is 30.5. The van der Waals surface area contributed by atoms with Gasteiger partial charge in [0.15, 0.2) is 31.3 Å². The minimum absolute atomic E-state index is 0.237. The van der Waals surface area contributed by atoms with E-state index in [0.717, 1.165) is 22.3 Å². The van der Waals surface area contributed by atoms with Crippen LogP contribution in [0.1, 0.15) is 41.9 Å². The van der Waals surface area contributed by atoms with Crippen molar-refractivity contribution in [2.24, 2.45) is 10.2 Å².